The molecule has 0 radical (unpaired) electrons. The van der Waals surface area contributed by atoms with Crippen molar-refractivity contribution in [3.05, 3.63) is 131 Å². The maximum absolute atomic E-state index is 7.00. The molecule has 5 nitrogen and oxygen atoms in total. The van der Waals surface area contributed by atoms with E-state index >= 15 is 0 Å². The number of nitrogens with zero attached hydrogens (tertiary/aromatic N) is 3. The van der Waals surface area contributed by atoms with Crippen molar-refractivity contribution in [2.75, 3.05) is 30.0 Å². The van der Waals surface area contributed by atoms with Gasteiger partial charge in [-0.05, 0) is 134 Å². The smallest absolute Gasteiger partial charge is 0.209 e. The van der Waals surface area contributed by atoms with Gasteiger partial charge in [-0.15, -0.1) is 0 Å². The van der Waals surface area contributed by atoms with E-state index in [0.29, 0.717) is 12.1 Å². The van der Waals surface area contributed by atoms with Crippen molar-refractivity contribution in [1.82, 2.24) is 0 Å². The van der Waals surface area contributed by atoms with Crippen LogP contribution in [0.2, 0.25) is 0 Å². The van der Waals surface area contributed by atoms with Gasteiger partial charge in [0.15, 0.2) is 11.8 Å². The maximum Gasteiger partial charge on any atom is 0.209 e. The van der Waals surface area contributed by atoms with Crippen LogP contribution >= 0.6 is 0 Å². The van der Waals surface area contributed by atoms with Gasteiger partial charge in [-0.1, -0.05) is 56.3 Å². The lowest BCUT2D eigenvalue weighted by Crippen LogP contribution is -2.31. The second-order valence-corrected chi connectivity index (χ2v) is 15.7. The van der Waals surface area contributed by atoms with Crippen molar-refractivity contribution in [1.29, 1.82) is 0 Å². The molecule has 276 valence electrons. The molecular weight excluding hydrogens is 639 g/mol. The van der Waals surface area contributed by atoms with Gasteiger partial charge in [-0.25, -0.2) is 0 Å². The third kappa shape index (κ3) is 7.30. The lowest BCUT2D eigenvalue weighted by molar-refractivity contribution is -0.472. The molecule has 1 aliphatic carbocycles. The van der Waals surface area contributed by atoms with Crippen molar-refractivity contribution >= 4 is 22.8 Å². The highest BCUT2D eigenvalue weighted by atomic mass is 16.5. The topological polar surface area (TPSA) is 39.0 Å². The Balaban J connectivity index is 0.00000257. The number of allylic oxidation sites excluding steroid dienone is 7. The van der Waals surface area contributed by atoms with Gasteiger partial charge in [0.1, 0.15) is 11.5 Å². The molecule has 0 spiro atoms. The Labute approximate surface area is 314 Å². The van der Waals surface area contributed by atoms with Crippen LogP contribution in [0.15, 0.2) is 120 Å². The van der Waals surface area contributed by atoms with Crippen molar-refractivity contribution in [3.63, 3.8) is 0 Å². The largest absolute Gasteiger partial charge is 0.457 e. The molecule has 0 saturated heterocycles. The average molecular weight is 701 g/mol. The SMILES string of the molecule is CCN(CC)c1ccc(OC2=C(/C=C/C3=[N+](C(C)C)c4ccccc4C3(C)C)CCC/C2=C\C=C2\N(C(C)C)c3ccccc3C2(C)C)cc1.CO. The van der Waals surface area contributed by atoms with Crippen LogP contribution in [0, 0.1) is 0 Å². The van der Waals surface area contributed by atoms with E-state index in [4.69, 9.17) is 9.84 Å². The lowest BCUT2D eigenvalue weighted by atomic mass is 9.81. The number of benzene rings is 3. The molecule has 2 heterocycles. The van der Waals surface area contributed by atoms with Gasteiger partial charge < -0.3 is 19.6 Å². The van der Waals surface area contributed by atoms with Crippen LogP contribution in [0.4, 0.5) is 17.1 Å². The predicted molar refractivity (Wildman–Crippen MR) is 222 cm³/mol. The van der Waals surface area contributed by atoms with E-state index < -0.39 is 0 Å². The number of hydrogen-bond donors (Lipinski definition) is 1. The molecule has 0 fully saturated rings. The molecule has 0 unspecified atom stereocenters. The Bertz CT molecular complexity index is 1880. The van der Waals surface area contributed by atoms with Crippen LogP contribution in [0.25, 0.3) is 0 Å². The molecule has 5 heteroatoms. The van der Waals surface area contributed by atoms with Gasteiger partial charge in [0.25, 0.3) is 0 Å². The van der Waals surface area contributed by atoms with Crippen molar-refractivity contribution in [3.8, 4) is 5.75 Å². The third-order valence-corrected chi connectivity index (χ3v) is 11.1. The lowest BCUT2D eigenvalue weighted by Gasteiger charge is -2.30. The van der Waals surface area contributed by atoms with Crippen LogP contribution in [0.5, 0.6) is 5.75 Å². The van der Waals surface area contributed by atoms with E-state index in [0.717, 1.165) is 51.0 Å². The molecule has 0 aromatic heterocycles. The quantitative estimate of drug-likeness (QED) is 0.214. The maximum atomic E-state index is 7.00. The number of ether oxygens (including phenoxy) is 1. The number of hydrogen-bond acceptors (Lipinski definition) is 4. The van der Waals surface area contributed by atoms with Crippen LogP contribution in [0.1, 0.15) is 99.6 Å². The monoisotopic (exact) mass is 700 g/mol. The number of aliphatic hydroxyl groups excluding tert-OH is 1. The molecule has 3 aromatic carbocycles. The Kier molecular flexibility index (Phi) is 12.1. The Morgan fingerprint density at radius 2 is 1.42 bits per heavy atom. The fourth-order valence-corrected chi connectivity index (χ4v) is 8.39. The molecule has 0 bridgehead atoms. The highest BCUT2D eigenvalue weighted by molar-refractivity contribution is 6.03. The molecule has 2 aliphatic heterocycles. The molecule has 0 atom stereocenters. The summed E-state index contributed by atoms with van der Waals surface area (Å²) in [5.74, 6) is 1.87. The molecule has 0 amide bonds. The van der Waals surface area contributed by atoms with Crippen molar-refractivity contribution in [2.45, 2.75) is 111 Å². The number of anilines is 2. The van der Waals surface area contributed by atoms with Crippen LogP contribution in [-0.4, -0.2) is 47.7 Å². The summed E-state index contributed by atoms with van der Waals surface area (Å²) in [4.78, 5) is 4.89. The Hall–Kier alpha value is -4.35. The van der Waals surface area contributed by atoms with Gasteiger partial charge in [0.05, 0.1) is 5.41 Å². The van der Waals surface area contributed by atoms with Gasteiger partial charge in [0.2, 0.25) is 5.69 Å². The van der Waals surface area contributed by atoms with Crippen LogP contribution < -0.4 is 14.5 Å². The van der Waals surface area contributed by atoms with Gasteiger partial charge in [0, 0.05) is 66.4 Å². The second kappa shape index (κ2) is 16.1. The standard InChI is InChI=1S/C46H58N3O.CH4O/c1-11-47(12-2)36-26-28-37(29-27-36)50-44-34(24-30-42-45(7,8)38-20-13-15-22-40(38)48(42)32(3)4)18-17-19-35(44)25-31-43-46(9,10)39-21-14-16-23-41(39)49(43)33(5)6;1-2/h13-16,20-33H,11-12,17-19H2,1-10H3;2H,1H3/q+1;. The number of aliphatic hydroxyl groups is 1. The first-order valence-electron chi connectivity index (χ1n) is 19.4. The first kappa shape index (κ1) is 38.9. The molecule has 52 heavy (non-hydrogen) atoms. The summed E-state index contributed by atoms with van der Waals surface area (Å²) >= 11 is 0. The first-order valence-corrected chi connectivity index (χ1v) is 19.4. The predicted octanol–water partition coefficient (Wildman–Crippen LogP) is 11.0. The fraction of sp³-hybridized carbons (Fsp3) is 0.426. The summed E-state index contributed by atoms with van der Waals surface area (Å²) in [5, 5.41) is 7.00. The van der Waals surface area contributed by atoms with E-state index in [2.05, 4.69) is 181 Å². The Morgan fingerprint density at radius 1 is 0.788 bits per heavy atom. The number of fused-ring (bicyclic) bond motifs is 2. The summed E-state index contributed by atoms with van der Waals surface area (Å²) in [5.41, 5.74) is 11.6. The zero-order valence-corrected chi connectivity index (χ0v) is 33.6. The first-order chi connectivity index (χ1) is 24.9. The minimum Gasteiger partial charge on any atom is -0.457 e. The summed E-state index contributed by atoms with van der Waals surface area (Å²) in [6.07, 6.45) is 12.5. The number of para-hydroxylation sites is 2. The molecule has 3 aliphatic rings. The second-order valence-electron chi connectivity index (χ2n) is 15.7. The molecular formula is C47H62N3O2+. The summed E-state index contributed by atoms with van der Waals surface area (Å²) in [6, 6.07) is 27.1. The summed E-state index contributed by atoms with van der Waals surface area (Å²) in [6.45, 7) is 25.0. The van der Waals surface area contributed by atoms with E-state index in [1.54, 1.807) is 0 Å². The highest BCUT2D eigenvalue weighted by Gasteiger charge is 2.45. The van der Waals surface area contributed by atoms with E-state index in [9.17, 15) is 0 Å². The van der Waals surface area contributed by atoms with Crippen molar-refractivity contribution in [2.24, 2.45) is 0 Å². The van der Waals surface area contributed by atoms with E-state index in [1.807, 2.05) is 0 Å². The summed E-state index contributed by atoms with van der Waals surface area (Å²) in [7, 11) is 1.00. The van der Waals surface area contributed by atoms with Gasteiger partial charge in [-0.3, -0.25) is 0 Å². The third-order valence-electron chi connectivity index (χ3n) is 11.1. The summed E-state index contributed by atoms with van der Waals surface area (Å²) < 4.78 is 9.48. The minimum atomic E-state index is -0.0969. The zero-order valence-electron chi connectivity index (χ0n) is 33.6. The minimum absolute atomic E-state index is 0.0969. The van der Waals surface area contributed by atoms with Gasteiger partial charge >= 0.3 is 0 Å². The molecule has 1 N–H and O–H groups in total. The zero-order chi connectivity index (χ0) is 37.8. The molecule has 3 aromatic rings. The van der Waals surface area contributed by atoms with E-state index in [1.165, 1.54) is 50.7 Å². The van der Waals surface area contributed by atoms with Crippen LogP contribution in [0.3, 0.4) is 0 Å². The average Bonchev–Trinajstić information content (AvgIpc) is 3.51. The Morgan fingerprint density at radius 3 is 2.06 bits per heavy atom. The molecule has 0 saturated carbocycles. The van der Waals surface area contributed by atoms with Gasteiger partial charge in [-0.2, -0.15) is 4.58 Å². The van der Waals surface area contributed by atoms with E-state index in [-0.39, 0.29) is 10.8 Å². The number of rotatable bonds is 10. The fourth-order valence-electron chi connectivity index (χ4n) is 8.39. The van der Waals surface area contributed by atoms with Crippen molar-refractivity contribution < 1.29 is 14.4 Å². The highest BCUT2D eigenvalue weighted by Crippen LogP contribution is 2.49. The molecule has 6 rings (SSSR count). The van der Waals surface area contributed by atoms with Crippen LogP contribution in [-0.2, 0) is 10.8 Å². The normalized spacial score (nSPS) is 19.2.